The summed E-state index contributed by atoms with van der Waals surface area (Å²) in [6, 6.07) is 88.9. The minimum atomic E-state index is 1.08. The highest BCUT2D eigenvalue weighted by Gasteiger charge is 2.19. The van der Waals surface area contributed by atoms with Gasteiger partial charge in [0.25, 0.3) is 0 Å². The van der Waals surface area contributed by atoms with E-state index in [1.54, 1.807) is 0 Å². The number of rotatable bonds is 10. The minimum absolute atomic E-state index is 1.08. The topological polar surface area (TPSA) is 41.3 Å². The second-order valence-electron chi connectivity index (χ2n) is 16.4. The van der Waals surface area contributed by atoms with Crippen molar-refractivity contribution in [1.82, 2.24) is 9.97 Å². The van der Waals surface area contributed by atoms with Crippen LogP contribution in [0.15, 0.2) is 249 Å². The summed E-state index contributed by atoms with van der Waals surface area (Å²) in [4.78, 5) is 14.4. The summed E-state index contributed by atoms with van der Waals surface area (Å²) in [7, 11) is 0. The lowest BCUT2D eigenvalue weighted by Crippen LogP contribution is -2.09. The highest BCUT2D eigenvalue weighted by molar-refractivity contribution is 6.11. The number of H-pyrrole nitrogens is 2. The molecule has 12 aromatic rings. The van der Waals surface area contributed by atoms with Crippen molar-refractivity contribution in [2.45, 2.75) is 0 Å². The number of aromatic nitrogens is 2. The molecule has 65 heavy (non-hydrogen) atoms. The molecule has 0 saturated heterocycles. The first-order valence-electron chi connectivity index (χ1n) is 22.1. The van der Waals surface area contributed by atoms with E-state index in [4.69, 9.17) is 0 Å². The van der Waals surface area contributed by atoms with Crippen molar-refractivity contribution in [3.05, 3.63) is 249 Å². The number of hydrogen-bond donors (Lipinski definition) is 2. The molecule has 0 radical (unpaired) electrons. The van der Waals surface area contributed by atoms with Crippen LogP contribution in [0.1, 0.15) is 0 Å². The summed E-state index contributed by atoms with van der Waals surface area (Å²) >= 11 is 0. The summed E-state index contributed by atoms with van der Waals surface area (Å²) in [5, 5.41) is 4.73. The van der Waals surface area contributed by atoms with E-state index in [9.17, 15) is 0 Å². The Morgan fingerprint density at radius 1 is 0.200 bits per heavy atom. The fourth-order valence-electron chi connectivity index (χ4n) is 9.39. The Hall–Kier alpha value is -8.80. The molecule has 0 atom stereocenters. The van der Waals surface area contributed by atoms with Crippen LogP contribution >= 0.6 is 0 Å². The number of aromatic amines is 2. The number of benzene rings is 10. The van der Waals surface area contributed by atoms with Crippen LogP contribution in [-0.4, -0.2) is 9.97 Å². The molecule has 0 aliphatic carbocycles. The predicted molar refractivity (Wildman–Crippen MR) is 275 cm³/mol. The van der Waals surface area contributed by atoms with Crippen LogP contribution in [0.3, 0.4) is 0 Å². The number of nitrogens with one attached hydrogen (secondary N) is 2. The van der Waals surface area contributed by atoms with Crippen LogP contribution < -0.4 is 14.7 Å². The van der Waals surface area contributed by atoms with E-state index in [1.165, 1.54) is 27.1 Å². The van der Waals surface area contributed by atoms with Gasteiger partial charge in [-0.15, -0.1) is 0 Å². The van der Waals surface area contributed by atoms with Gasteiger partial charge in [-0.05, 0) is 151 Å². The summed E-state index contributed by atoms with van der Waals surface area (Å²) < 4.78 is 0. The Morgan fingerprint density at radius 2 is 0.446 bits per heavy atom. The zero-order valence-electron chi connectivity index (χ0n) is 35.5. The van der Waals surface area contributed by atoms with E-state index in [1.807, 2.05) is 0 Å². The maximum Gasteiger partial charge on any atom is 0.0469 e. The molecule has 0 saturated carbocycles. The first-order valence-corrected chi connectivity index (χ1v) is 22.1. The first kappa shape index (κ1) is 37.9. The quantitative estimate of drug-likeness (QED) is 0.144. The number of anilines is 9. The summed E-state index contributed by atoms with van der Waals surface area (Å²) in [5.41, 5.74) is 16.7. The van der Waals surface area contributed by atoms with Crippen molar-refractivity contribution in [1.29, 1.82) is 0 Å². The predicted octanol–water partition coefficient (Wildman–Crippen LogP) is 17.0. The SMILES string of the molecule is c1ccc(N(c2ccccc2)c2ccc3[nH]c4ccc(-c5ccc(N(c6ccccc6)c6ccc7[nH]c8ccc(N(c9ccccc9)c9ccccc9)cc8c7c6)cc5)cc4c3c2)cc1. The van der Waals surface area contributed by atoms with Crippen molar-refractivity contribution in [2.24, 2.45) is 0 Å². The molecular weight excluding hydrogens is 791 g/mol. The zero-order chi connectivity index (χ0) is 43.1. The van der Waals surface area contributed by atoms with E-state index < -0.39 is 0 Å². The van der Waals surface area contributed by atoms with Crippen molar-refractivity contribution >= 4 is 94.8 Å². The van der Waals surface area contributed by atoms with Gasteiger partial charge in [-0.25, -0.2) is 0 Å². The Morgan fingerprint density at radius 3 is 0.769 bits per heavy atom. The highest BCUT2D eigenvalue weighted by Crippen LogP contribution is 2.42. The molecule has 5 nitrogen and oxygen atoms in total. The summed E-state index contributed by atoms with van der Waals surface area (Å²) in [6.45, 7) is 0. The second-order valence-corrected chi connectivity index (χ2v) is 16.4. The van der Waals surface area contributed by atoms with Gasteiger partial charge in [0.1, 0.15) is 0 Å². The van der Waals surface area contributed by atoms with Gasteiger partial charge < -0.3 is 24.7 Å². The Balaban J connectivity index is 0.915. The van der Waals surface area contributed by atoms with Crippen LogP contribution in [0.2, 0.25) is 0 Å². The molecule has 2 heterocycles. The Labute approximate surface area is 377 Å². The molecule has 0 bridgehead atoms. The molecule has 10 aromatic carbocycles. The van der Waals surface area contributed by atoms with Crippen molar-refractivity contribution in [3.63, 3.8) is 0 Å². The number of fused-ring (bicyclic) bond motifs is 6. The lowest BCUT2D eigenvalue weighted by molar-refractivity contribution is 1.29. The third-order valence-corrected chi connectivity index (χ3v) is 12.5. The fraction of sp³-hybridized carbons (Fsp3) is 0. The van der Waals surface area contributed by atoms with Crippen LogP contribution in [0.5, 0.6) is 0 Å². The van der Waals surface area contributed by atoms with Gasteiger partial charge in [-0.2, -0.15) is 0 Å². The first-order chi connectivity index (χ1) is 32.2. The van der Waals surface area contributed by atoms with E-state index >= 15 is 0 Å². The molecule has 2 N–H and O–H groups in total. The monoisotopic (exact) mass is 833 g/mol. The van der Waals surface area contributed by atoms with Gasteiger partial charge in [0.2, 0.25) is 0 Å². The van der Waals surface area contributed by atoms with E-state index in [0.717, 1.165) is 78.8 Å². The lowest BCUT2D eigenvalue weighted by atomic mass is 10.0. The van der Waals surface area contributed by atoms with Gasteiger partial charge in [0.15, 0.2) is 0 Å². The van der Waals surface area contributed by atoms with E-state index in [-0.39, 0.29) is 0 Å². The third-order valence-electron chi connectivity index (χ3n) is 12.5. The highest BCUT2D eigenvalue weighted by atomic mass is 15.2. The molecule has 308 valence electrons. The standard InChI is InChI=1S/C60H43N5/c1-6-16-44(17-7-1)63(45-18-8-2-9-19-45)50-31-35-58-54(39-50)53-38-43(28-34-57(53)61-58)42-26-29-49(30-27-42)65(48-24-14-5-15-25-48)52-33-37-60-56(41-52)55-40-51(32-36-59(55)62-60)64(46-20-10-3-11-21-46)47-22-12-4-13-23-47/h1-41,61-62H. The molecule has 5 heteroatoms. The molecule has 0 amide bonds. The van der Waals surface area contributed by atoms with Gasteiger partial charge >= 0.3 is 0 Å². The minimum Gasteiger partial charge on any atom is -0.355 e. The van der Waals surface area contributed by atoms with E-state index in [0.29, 0.717) is 0 Å². The van der Waals surface area contributed by atoms with Crippen LogP contribution in [-0.2, 0) is 0 Å². The Kier molecular flexibility index (Phi) is 9.42. The number of hydrogen-bond acceptors (Lipinski definition) is 3. The van der Waals surface area contributed by atoms with Gasteiger partial charge in [-0.3, -0.25) is 0 Å². The molecule has 0 aliphatic rings. The van der Waals surface area contributed by atoms with Crippen LogP contribution in [0, 0.1) is 0 Å². The number of para-hydroxylation sites is 5. The second kappa shape index (κ2) is 16.2. The van der Waals surface area contributed by atoms with Crippen molar-refractivity contribution < 1.29 is 0 Å². The maximum atomic E-state index is 3.70. The van der Waals surface area contributed by atoms with Gasteiger partial charge in [0, 0.05) is 94.8 Å². The van der Waals surface area contributed by atoms with Gasteiger partial charge in [-0.1, -0.05) is 109 Å². The van der Waals surface area contributed by atoms with Gasteiger partial charge in [0.05, 0.1) is 0 Å². The average molecular weight is 834 g/mol. The molecule has 0 fully saturated rings. The summed E-state index contributed by atoms with van der Waals surface area (Å²) in [5.74, 6) is 0. The normalized spacial score (nSPS) is 11.4. The smallest absolute Gasteiger partial charge is 0.0469 e. The Bertz CT molecular complexity index is 3510. The van der Waals surface area contributed by atoms with Crippen LogP contribution in [0.4, 0.5) is 51.2 Å². The largest absolute Gasteiger partial charge is 0.355 e. The average Bonchev–Trinajstić information content (AvgIpc) is 3.93. The molecule has 12 rings (SSSR count). The zero-order valence-corrected chi connectivity index (χ0v) is 35.5. The molecule has 0 spiro atoms. The molecule has 0 aliphatic heterocycles. The molecule has 0 unspecified atom stereocenters. The fourth-order valence-corrected chi connectivity index (χ4v) is 9.39. The lowest BCUT2D eigenvalue weighted by Gasteiger charge is -2.26. The molecule has 2 aromatic heterocycles. The molecular formula is C60H43N5. The summed E-state index contributed by atoms with van der Waals surface area (Å²) in [6.07, 6.45) is 0. The van der Waals surface area contributed by atoms with Crippen LogP contribution in [0.25, 0.3) is 54.7 Å². The number of nitrogens with zero attached hydrogens (tertiary/aromatic N) is 3. The van der Waals surface area contributed by atoms with Crippen molar-refractivity contribution in [3.8, 4) is 11.1 Å². The third kappa shape index (κ3) is 7.02. The maximum absolute atomic E-state index is 3.70. The van der Waals surface area contributed by atoms with E-state index in [2.05, 4.69) is 273 Å². The van der Waals surface area contributed by atoms with Crippen molar-refractivity contribution in [2.75, 3.05) is 14.7 Å².